The summed E-state index contributed by atoms with van der Waals surface area (Å²) < 4.78 is 18.6. The summed E-state index contributed by atoms with van der Waals surface area (Å²) in [5.74, 6) is 0. The molecule has 0 aromatic rings. The predicted octanol–water partition coefficient (Wildman–Crippen LogP) is 2.09. The molecule has 3 N–H and O–H groups in total. The number of rotatable bonds is 12. The van der Waals surface area contributed by atoms with E-state index in [-0.39, 0.29) is 19.8 Å². The van der Waals surface area contributed by atoms with Crippen LogP contribution in [0.3, 0.4) is 0 Å². The second-order valence-electron chi connectivity index (χ2n) is 7.87. The number of hydrogen-bond acceptors (Lipinski definition) is 6. The van der Waals surface area contributed by atoms with Crippen LogP contribution in [-0.2, 0) is 13.3 Å². The summed E-state index contributed by atoms with van der Waals surface area (Å²) in [5.41, 5.74) is -1.79. The van der Waals surface area contributed by atoms with Gasteiger partial charge in [0.05, 0.1) is 16.8 Å². The Balaban J connectivity index is 5.34. The minimum Gasteiger partial charge on any atom is -0.396 e. The minimum atomic E-state index is -3.10. The number of aliphatic hydroxyl groups is 3. The van der Waals surface area contributed by atoms with Gasteiger partial charge in [0.1, 0.15) is 0 Å². The average Bonchev–Trinajstić information content (AvgIpc) is 2.23. The molecule has 140 valence electrons. The number of aliphatic hydroxyl groups excluding tert-OH is 3. The maximum atomic E-state index is 9.22. The molecule has 7 heteroatoms. The second-order valence-corrected chi connectivity index (χ2v) is 10.2. The van der Waals surface area contributed by atoms with Crippen molar-refractivity contribution in [3.63, 3.8) is 0 Å². The van der Waals surface area contributed by atoms with Gasteiger partial charge in [-0.05, 0) is 60.8 Å². The van der Waals surface area contributed by atoms with Crippen LogP contribution in [0.1, 0.15) is 60.8 Å². The number of hydrogen-bond donors (Lipinski definition) is 3. The van der Waals surface area contributed by atoms with Crippen molar-refractivity contribution >= 4 is 8.80 Å². The maximum Gasteiger partial charge on any atom is 0.498 e. The highest BCUT2D eigenvalue weighted by Crippen LogP contribution is 2.32. The first-order chi connectivity index (χ1) is 10.3. The topological polar surface area (TPSA) is 88.4 Å². The van der Waals surface area contributed by atoms with Crippen molar-refractivity contribution in [1.29, 1.82) is 0 Å². The highest BCUT2D eigenvalue weighted by Gasteiger charge is 2.48. The largest absolute Gasteiger partial charge is 0.498 e. The molecule has 6 nitrogen and oxygen atoms in total. The molecule has 0 saturated carbocycles. The van der Waals surface area contributed by atoms with Gasteiger partial charge in [-0.3, -0.25) is 0 Å². The van der Waals surface area contributed by atoms with Crippen LogP contribution in [0.15, 0.2) is 0 Å². The van der Waals surface area contributed by atoms with Crippen molar-refractivity contribution in [1.82, 2.24) is 0 Å². The van der Waals surface area contributed by atoms with Gasteiger partial charge in [-0.15, -0.1) is 0 Å². The Morgan fingerprint density at radius 3 is 1.00 bits per heavy atom. The zero-order valence-corrected chi connectivity index (χ0v) is 16.8. The monoisotopic (exact) mass is 352 g/mol. The highest BCUT2D eigenvalue weighted by atomic mass is 28.4. The van der Waals surface area contributed by atoms with E-state index >= 15 is 0 Å². The normalized spacial score (nSPS) is 14.3. The first-order valence-corrected chi connectivity index (χ1v) is 10.5. The van der Waals surface area contributed by atoms with Crippen LogP contribution < -0.4 is 0 Å². The Hall–Kier alpha value is -0.0231. The van der Waals surface area contributed by atoms with Crippen molar-refractivity contribution in [3.05, 3.63) is 0 Å². The molecule has 0 aromatic carbocycles. The standard InChI is InChI=1S/C16H36O6Si/c1-14(2,8-11-17)20-23(7,21-15(3,4)9-12-18)22-16(5,6)10-13-19/h17-19H,8-13H2,1-7H3. The third kappa shape index (κ3) is 9.76. The van der Waals surface area contributed by atoms with Crippen LogP contribution in [0.5, 0.6) is 0 Å². The Morgan fingerprint density at radius 1 is 0.609 bits per heavy atom. The van der Waals surface area contributed by atoms with E-state index < -0.39 is 25.6 Å². The molecule has 0 aromatic heterocycles. The third-order valence-corrected chi connectivity index (χ3v) is 6.30. The molecule has 0 atom stereocenters. The van der Waals surface area contributed by atoms with Crippen LogP contribution in [0.4, 0.5) is 0 Å². The zero-order chi connectivity index (χ0) is 18.4. The minimum absolute atomic E-state index is 0.0115. The molecule has 0 amide bonds. The zero-order valence-electron chi connectivity index (χ0n) is 15.8. The fraction of sp³-hybridized carbons (Fsp3) is 1.00. The van der Waals surface area contributed by atoms with Crippen LogP contribution in [0.25, 0.3) is 0 Å². The predicted molar refractivity (Wildman–Crippen MR) is 92.2 cm³/mol. The first-order valence-electron chi connectivity index (χ1n) is 8.23. The molecule has 0 fully saturated rings. The third-order valence-electron chi connectivity index (χ3n) is 3.53. The quantitative estimate of drug-likeness (QED) is 0.466. The fourth-order valence-corrected chi connectivity index (χ4v) is 5.97. The van der Waals surface area contributed by atoms with Crippen molar-refractivity contribution < 1.29 is 28.6 Å². The van der Waals surface area contributed by atoms with Crippen LogP contribution in [0, 0.1) is 0 Å². The van der Waals surface area contributed by atoms with E-state index in [1.165, 1.54) is 0 Å². The molecule has 23 heavy (non-hydrogen) atoms. The molecular formula is C16H36O6Si. The van der Waals surface area contributed by atoms with Crippen molar-refractivity contribution in [3.8, 4) is 0 Å². The van der Waals surface area contributed by atoms with Gasteiger partial charge in [0.2, 0.25) is 0 Å². The van der Waals surface area contributed by atoms with Crippen LogP contribution >= 0.6 is 0 Å². The Morgan fingerprint density at radius 2 is 0.826 bits per heavy atom. The Bertz CT molecular complexity index is 293. The molecule has 0 spiro atoms. The van der Waals surface area contributed by atoms with Gasteiger partial charge < -0.3 is 28.6 Å². The molecule has 0 radical (unpaired) electrons. The molecule has 0 aliphatic rings. The lowest BCUT2D eigenvalue weighted by Crippen LogP contribution is -2.57. The highest BCUT2D eigenvalue weighted by molar-refractivity contribution is 6.59. The van der Waals surface area contributed by atoms with Gasteiger partial charge in [0, 0.05) is 26.4 Å². The smallest absolute Gasteiger partial charge is 0.396 e. The SMILES string of the molecule is CC(C)(CCO)O[Si](C)(OC(C)(C)CCO)OC(C)(C)CCO. The van der Waals surface area contributed by atoms with Crippen LogP contribution in [0.2, 0.25) is 6.55 Å². The molecular weight excluding hydrogens is 316 g/mol. The molecule has 0 bridgehead atoms. The van der Waals surface area contributed by atoms with Crippen LogP contribution in [-0.4, -0.2) is 60.7 Å². The van der Waals surface area contributed by atoms with Gasteiger partial charge in [-0.2, -0.15) is 0 Å². The summed E-state index contributed by atoms with van der Waals surface area (Å²) in [6.45, 7) is 13.2. The molecule has 0 saturated heterocycles. The lowest BCUT2D eigenvalue weighted by molar-refractivity contribution is -0.0954. The summed E-state index contributed by atoms with van der Waals surface area (Å²) >= 11 is 0. The van der Waals surface area contributed by atoms with E-state index in [0.29, 0.717) is 19.3 Å². The summed E-state index contributed by atoms with van der Waals surface area (Å²) in [6, 6.07) is 0. The second kappa shape index (κ2) is 8.89. The van der Waals surface area contributed by atoms with E-state index in [0.717, 1.165) is 0 Å². The molecule has 0 rings (SSSR count). The lowest BCUT2D eigenvalue weighted by Gasteiger charge is -2.43. The van der Waals surface area contributed by atoms with E-state index in [2.05, 4.69) is 0 Å². The van der Waals surface area contributed by atoms with E-state index in [1.807, 2.05) is 48.1 Å². The summed E-state index contributed by atoms with van der Waals surface area (Å²) in [5, 5.41) is 27.7. The van der Waals surface area contributed by atoms with Gasteiger partial charge in [0.15, 0.2) is 0 Å². The van der Waals surface area contributed by atoms with Crippen molar-refractivity contribution in [2.75, 3.05) is 19.8 Å². The molecule has 0 aliphatic carbocycles. The Kier molecular flexibility index (Phi) is 8.88. The average molecular weight is 353 g/mol. The van der Waals surface area contributed by atoms with Gasteiger partial charge in [-0.1, -0.05) is 0 Å². The molecule has 0 heterocycles. The summed E-state index contributed by atoms with van der Waals surface area (Å²) in [4.78, 5) is 0. The van der Waals surface area contributed by atoms with Gasteiger partial charge in [-0.25, -0.2) is 0 Å². The summed E-state index contributed by atoms with van der Waals surface area (Å²) in [7, 11) is -3.10. The van der Waals surface area contributed by atoms with Gasteiger partial charge >= 0.3 is 8.80 Å². The molecule has 0 unspecified atom stereocenters. The van der Waals surface area contributed by atoms with Gasteiger partial charge in [0.25, 0.3) is 0 Å². The van der Waals surface area contributed by atoms with Crippen molar-refractivity contribution in [2.45, 2.75) is 84.2 Å². The van der Waals surface area contributed by atoms with E-state index in [4.69, 9.17) is 13.3 Å². The summed E-state index contributed by atoms with van der Waals surface area (Å²) in [6.07, 6.45) is 1.38. The Labute approximate surface area is 142 Å². The van der Waals surface area contributed by atoms with E-state index in [1.54, 1.807) is 0 Å². The van der Waals surface area contributed by atoms with Crippen molar-refractivity contribution in [2.24, 2.45) is 0 Å². The maximum absolute atomic E-state index is 9.22. The fourth-order valence-electron chi connectivity index (χ4n) is 2.53. The lowest BCUT2D eigenvalue weighted by atomic mass is 10.1. The van der Waals surface area contributed by atoms with E-state index in [9.17, 15) is 15.3 Å². The first kappa shape index (κ1) is 23.0. The molecule has 0 aliphatic heterocycles.